The van der Waals surface area contributed by atoms with Crippen molar-refractivity contribution in [1.82, 2.24) is 19.8 Å². The van der Waals surface area contributed by atoms with E-state index in [0.29, 0.717) is 42.4 Å². The number of carbonyl (C=O) groups excluding carboxylic acids is 1. The third kappa shape index (κ3) is 5.25. The van der Waals surface area contributed by atoms with E-state index in [1.165, 1.54) is 12.4 Å². The minimum absolute atomic E-state index is 0.00931. The number of carbonyl (C=O) groups is 1. The highest BCUT2D eigenvalue weighted by atomic mass is 19.4. The molecule has 3 unspecified atom stereocenters. The molecule has 0 bridgehead atoms. The second kappa shape index (κ2) is 9.91. The molecule has 2 fully saturated rings. The van der Waals surface area contributed by atoms with Crippen LogP contribution >= 0.6 is 0 Å². The fraction of sp³-hybridized carbons (Fsp3) is 0.654. The molecule has 9 heteroatoms. The average Bonchev–Trinajstić information content (AvgIpc) is 3.17. The normalized spacial score (nSPS) is 25.9. The summed E-state index contributed by atoms with van der Waals surface area (Å²) in [6.45, 7) is 9.54. The lowest BCUT2D eigenvalue weighted by atomic mass is 9.74. The van der Waals surface area contributed by atoms with Crippen LogP contribution in [0.25, 0.3) is 10.9 Å². The molecule has 192 valence electrons. The predicted molar refractivity (Wildman–Crippen MR) is 131 cm³/mol. The van der Waals surface area contributed by atoms with Crippen LogP contribution in [0.2, 0.25) is 0 Å². The number of benzene rings is 1. The van der Waals surface area contributed by atoms with E-state index >= 15 is 0 Å². The Morgan fingerprint density at radius 3 is 2.51 bits per heavy atom. The van der Waals surface area contributed by atoms with E-state index in [1.807, 2.05) is 4.90 Å². The maximum atomic E-state index is 13.5. The van der Waals surface area contributed by atoms with Crippen molar-refractivity contribution in [1.29, 1.82) is 0 Å². The molecule has 0 radical (unpaired) electrons. The zero-order chi connectivity index (χ0) is 25.5. The standard InChI is InChI=1S/C26H36F3N5O/c1-15(2)19-13-18(33(5)16(3)4)7-9-23(19)34-11-10-22(25(34)35)32-24-20-12-17(26(27,28)29)6-8-21(20)30-14-31-24/h6,8,12,14-16,18-19,22-23H,7,9-11,13H2,1-5H3,(H,30,31,32)/t18?,19-,22?,23?/m0/s1. The van der Waals surface area contributed by atoms with E-state index in [0.717, 1.165) is 31.4 Å². The van der Waals surface area contributed by atoms with Crippen molar-refractivity contribution in [3.63, 3.8) is 0 Å². The first-order valence-electron chi connectivity index (χ1n) is 12.6. The molecule has 2 heterocycles. The van der Waals surface area contributed by atoms with Crippen LogP contribution in [0.1, 0.15) is 58.9 Å². The van der Waals surface area contributed by atoms with Gasteiger partial charge in [0.15, 0.2) is 0 Å². The molecule has 1 aliphatic heterocycles. The quantitative estimate of drug-likeness (QED) is 0.602. The molecule has 1 saturated heterocycles. The SMILES string of the molecule is CC(C)[C@@H]1CC(N(C)C(C)C)CCC1N1CCC(Nc2ncnc3ccc(C(F)(F)F)cc23)C1=O. The molecule has 1 aromatic carbocycles. The van der Waals surface area contributed by atoms with Crippen LogP contribution in [0.3, 0.4) is 0 Å². The largest absolute Gasteiger partial charge is 0.416 e. The van der Waals surface area contributed by atoms with Gasteiger partial charge in [-0.05, 0) is 76.6 Å². The molecule has 35 heavy (non-hydrogen) atoms. The van der Waals surface area contributed by atoms with Crippen LogP contribution in [0.4, 0.5) is 19.0 Å². The van der Waals surface area contributed by atoms with Crippen LogP contribution in [-0.2, 0) is 11.0 Å². The lowest BCUT2D eigenvalue weighted by Crippen LogP contribution is -2.52. The Kier molecular flexibility index (Phi) is 7.27. The molecule has 4 atom stereocenters. The van der Waals surface area contributed by atoms with Crippen molar-refractivity contribution in [3.05, 3.63) is 30.1 Å². The van der Waals surface area contributed by atoms with Crippen molar-refractivity contribution < 1.29 is 18.0 Å². The molecule has 1 amide bonds. The van der Waals surface area contributed by atoms with Gasteiger partial charge in [-0.2, -0.15) is 13.2 Å². The highest BCUT2D eigenvalue weighted by Gasteiger charge is 2.43. The highest BCUT2D eigenvalue weighted by molar-refractivity contribution is 5.93. The molecule has 1 saturated carbocycles. The summed E-state index contributed by atoms with van der Waals surface area (Å²) in [5.41, 5.74) is -0.351. The second-order valence-electron chi connectivity index (χ2n) is 10.7. The van der Waals surface area contributed by atoms with Gasteiger partial charge in [-0.3, -0.25) is 4.79 Å². The molecule has 0 spiro atoms. The van der Waals surface area contributed by atoms with Gasteiger partial charge >= 0.3 is 6.18 Å². The van der Waals surface area contributed by atoms with Gasteiger partial charge in [-0.25, -0.2) is 9.97 Å². The molecule has 2 aromatic rings. The molecule has 1 N–H and O–H groups in total. The Morgan fingerprint density at radius 2 is 1.86 bits per heavy atom. The Balaban J connectivity index is 1.52. The molecule has 1 aromatic heterocycles. The topological polar surface area (TPSA) is 61.4 Å². The Hall–Kier alpha value is -2.42. The van der Waals surface area contributed by atoms with Crippen molar-refractivity contribution in [2.45, 2.75) is 83.7 Å². The number of rotatable bonds is 6. The number of fused-ring (bicyclic) bond motifs is 1. The summed E-state index contributed by atoms with van der Waals surface area (Å²) in [5, 5.41) is 3.42. The minimum Gasteiger partial charge on any atom is -0.358 e. The zero-order valence-corrected chi connectivity index (χ0v) is 21.1. The number of aromatic nitrogens is 2. The predicted octanol–water partition coefficient (Wildman–Crippen LogP) is 5.19. The zero-order valence-electron chi connectivity index (χ0n) is 21.1. The molecular formula is C26H36F3N5O. The average molecular weight is 492 g/mol. The summed E-state index contributed by atoms with van der Waals surface area (Å²) in [7, 11) is 2.18. The van der Waals surface area contributed by atoms with Crippen molar-refractivity contribution >= 4 is 22.6 Å². The van der Waals surface area contributed by atoms with Crippen molar-refractivity contribution in [3.8, 4) is 0 Å². The first-order valence-corrected chi connectivity index (χ1v) is 12.6. The van der Waals surface area contributed by atoms with Gasteiger partial charge in [0, 0.05) is 30.1 Å². The number of hydrogen-bond acceptors (Lipinski definition) is 5. The first-order chi connectivity index (χ1) is 16.5. The maximum absolute atomic E-state index is 13.5. The summed E-state index contributed by atoms with van der Waals surface area (Å²) in [6.07, 6.45) is 0.539. The summed E-state index contributed by atoms with van der Waals surface area (Å²) in [5.74, 6) is 1.14. The molecule has 1 aliphatic carbocycles. The minimum atomic E-state index is -4.46. The van der Waals surface area contributed by atoms with E-state index in [-0.39, 0.29) is 23.2 Å². The number of amides is 1. The number of likely N-dealkylation sites (tertiary alicyclic amines) is 1. The highest BCUT2D eigenvalue weighted by Crippen LogP contribution is 2.38. The van der Waals surface area contributed by atoms with E-state index in [1.54, 1.807) is 0 Å². The molecule has 4 rings (SSSR count). The summed E-state index contributed by atoms with van der Waals surface area (Å²) < 4.78 is 39.8. The number of hydrogen-bond donors (Lipinski definition) is 1. The third-order valence-electron chi connectivity index (χ3n) is 7.99. The smallest absolute Gasteiger partial charge is 0.358 e. The van der Waals surface area contributed by atoms with Crippen molar-refractivity contribution in [2.75, 3.05) is 18.9 Å². The first kappa shape index (κ1) is 25.7. The van der Waals surface area contributed by atoms with E-state index < -0.39 is 17.8 Å². The Morgan fingerprint density at radius 1 is 1.11 bits per heavy atom. The summed E-state index contributed by atoms with van der Waals surface area (Å²) in [6, 6.07) is 4.08. The van der Waals surface area contributed by atoms with Crippen LogP contribution in [0, 0.1) is 11.8 Å². The maximum Gasteiger partial charge on any atom is 0.416 e. The van der Waals surface area contributed by atoms with Crippen LogP contribution in [0.5, 0.6) is 0 Å². The Labute approximate surface area is 205 Å². The van der Waals surface area contributed by atoms with Gasteiger partial charge in [0.25, 0.3) is 0 Å². The van der Waals surface area contributed by atoms with Crippen LogP contribution in [0.15, 0.2) is 24.5 Å². The number of nitrogens with zero attached hydrogens (tertiary/aromatic N) is 4. The number of alkyl halides is 3. The van der Waals surface area contributed by atoms with E-state index in [4.69, 9.17) is 0 Å². The van der Waals surface area contributed by atoms with Gasteiger partial charge in [0.1, 0.15) is 18.2 Å². The Bertz CT molecular complexity index is 1060. The third-order valence-corrected chi connectivity index (χ3v) is 7.99. The molecule has 2 aliphatic rings. The second-order valence-corrected chi connectivity index (χ2v) is 10.7. The fourth-order valence-electron chi connectivity index (χ4n) is 5.74. The molecule has 6 nitrogen and oxygen atoms in total. The summed E-state index contributed by atoms with van der Waals surface area (Å²) >= 11 is 0. The number of nitrogens with one attached hydrogen (secondary N) is 1. The van der Waals surface area contributed by atoms with Crippen LogP contribution < -0.4 is 5.32 Å². The van der Waals surface area contributed by atoms with Gasteiger partial charge in [-0.15, -0.1) is 0 Å². The number of halogens is 3. The van der Waals surface area contributed by atoms with Gasteiger partial charge < -0.3 is 15.1 Å². The van der Waals surface area contributed by atoms with Gasteiger partial charge in [0.2, 0.25) is 5.91 Å². The monoisotopic (exact) mass is 491 g/mol. The lowest BCUT2D eigenvalue weighted by Gasteiger charge is -2.46. The fourth-order valence-corrected chi connectivity index (χ4v) is 5.74. The molecular weight excluding hydrogens is 455 g/mol. The van der Waals surface area contributed by atoms with E-state index in [2.05, 4.69) is 54.9 Å². The summed E-state index contributed by atoms with van der Waals surface area (Å²) in [4.78, 5) is 26.2. The van der Waals surface area contributed by atoms with Gasteiger partial charge in [0.05, 0.1) is 11.1 Å². The van der Waals surface area contributed by atoms with Gasteiger partial charge in [-0.1, -0.05) is 13.8 Å². The number of anilines is 1. The van der Waals surface area contributed by atoms with E-state index in [9.17, 15) is 18.0 Å². The van der Waals surface area contributed by atoms with Crippen LogP contribution in [-0.4, -0.2) is 63.4 Å². The van der Waals surface area contributed by atoms with Crippen molar-refractivity contribution in [2.24, 2.45) is 11.8 Å². The lowest BCUT2D eigenvalue weighted by molar-refractivity contribution is -0.137.